The number of nitrogens with zero attached hydrogens (tertiary/aromatic N) is 2. The van der Waals surface area contributed by atoms with E-state index in [1.54, 1.807) is 0 Å². The van der Waals surface area contributed by atoms with Crippen molar-refractivity contribution in [1.82, 2.24) is 9.80 Å². The maximum Gasteiger partial charge on any atom is 0.227 e. The molecule has 3 fully saturated rings. The molecule has 2 aliphatic heterocycles. The third-order valence-electron chi connectivity index (χ3n) is 6.52. The Hall–Kier alpha value is -0.570. The molecule has 1 saturated carbocycles. The summed E-state index contributed by atoms with van der Waals surface area (Å²) in [4.78, 5) is 17.4. The highest BCUT2D eigenvalue weighted by Crippen LogP contribution is 2.40. The fourth-order valence-corrected chi connectivity index (χ4v) is 5.21. The van der Waals surface area contributed by atoms with E-state index in [2.05, 4.69) is 16.7 Å². The van der Waals surface area contributed by atoms with Crippen molar-refractivity contribution in [2.45, 2.75) is 84.7 Å². The average molecular weight is 321 g/mol. The smallest absolute Gasteiger partial charge is 0.227 e. The van der Waals surface area contributed by atoms with Gasteiger partial charge in [0, 0.05) is 37.1 Å². The van der Waals surface area contributed by atoms with Crippen molar-refractivity contribution in [3.63, 3.8) is 0 Å². The monoisotopic (exact) mass is 320 g/mol. The second-order valence-corrected chi connectivity index (χ2v) is 9.38. The van der Waals surface area contributed by atoms with E-state index in [-0.39, 0.29) is 5.41 Å². The lowest BCUT2D eigenvalue weighted by atomic mass is 9.84. The SMILES string of the molecule is CC1CC2CCCCC2N1CC1CCN(C(=O)C(C)(C)C)CC1. The van der Waals surface area contributed by atoms with Gasteiger partial charge in [0.15, 0.2) is 0 Å². The standard InChI is InChI=1S/C20H36N2O/c1-15-13-17-7-5-6-8-18(17)22(15)14-16-9-11-21(12-10-16)19(23)20(2,3)4/h15-18H,5-14H2,1-4H3. The molecule has 132 valence electrons. The molecule has 3 atom stereocenters. The molecule has 2 heterocycles. The Morgan fingerprint density at radius 1 is 1.04 bits per heavy atom. The van der Waals surface area contributed by atoms with Crippen LogP contribution >= 0.6 is 0 Å². The van der Waals surface area contributed by atoms with Gasteiger partial charge in [-0.25, -0.2) is 0 Å². The summed E-state index contributed by atoms with van der Waals surface area (Å²) in [5, 5.41) is 0. The first-order valence-electron chi connectivity index (χ1n) is 9.91. The molecule has 3 rings (SSSR count). The fourth-order valence-electron chi connectivity index (χ4n) is 5.21. The molecule has 3 nitrogen and oxygen atoms in total. The van der Waals surface area contributed by atoms with E-state index in [1.165, 1.54) is 51.5 Å². The van der Waals surface area contributed by atoms with Gasteiger partial charge in [0.1, 0.15) is 0 Å². The van der Waals surface area contributed by atoms with Gasteiger partial charge >= 0.3 is 0 Å². The Kier molecular flexibility index (Phi) is 5.06. The van der Waals surface area contributed by atoms with E-state index < -0.39 is 0 Å². The van der Waals surface area contributed by atoms with Crippen molar-refractivity contribution in [1.29, 1.82) is 0 Å². The third kappa shape index (κ3) is 3.75. The van der Waals surface area contributed by atoms with Gasteiger partial charge in [-0.05, 0) is 50.9 Å². The van der Waals surface area contributed by atoms with Crippen LogP contribution in [-0.4, -0.2) is 47.4 Å². The third-order valence-corrected chi connectivity index (χ3v) is 6.52. The quantitative estimate of drug-likeness (QED) is 0.770. The van der Waals surface area contributed by atoms with E-state index in [9.17, 15) is 4.79 Å². The van der Waals surface area contributed by atoms with Gasteiger partial charge in [-0.1, -0.05) is 33.6 Å². The van der Waals surface area contributed by atoms with Crippen LogP contribution in [0.3, 0.4) is 0 Å². The predicted molar refractivity (Wildman–Crippen MR) is 95.3 cm³/mol. The van der Waals surface area contributed by atoms with Crippen LogP contribution in [0, 0.1) is 17.3 Å². The van der Waals surface area contributed by atoms with Gasteiger partial charge in [-0.2, -0.15) is 0 Å². The van der Waals surface area contributed by atoms with Gasteiger partial charge in [-0.15, -0.1) is 0 Å². The van der Waals surface area contributed by atoms with E-state index >= 15 is 0 Å². The van der Waals surface area contributed by atoms with Crippen molar-refractivity contribution in [2.75, 3.05) is 19.6 Å². The Bertz CT molecular complexity index is 420. The molecule has 0 N–H and O–H groups in total. The highest BCUT2D eigenvalue weighted by Gasteiger charge is 2.41. The Labute approximate surface area is 142 Å². The number of hydrogen-bond donors (Lipinski definition) is 0. The van der Waals surface area contributed by atoms with E-state index in [1.807, 2.05) is 20.8 Å². The Balaban J connectivity index is 1.52. The Morgan fingerprint density at radius 3 is 2.35 bits per heavy atom. The average Bonchev–Trinajstić information content (AvgIpc) is 2.82. The molecule has 0 aromatic heterocycles. The molecule has 23 heavy (non-hydrogen) atoms. The lowest BCUT2D eigenvalue weighted by Crippen LogP contribution is -2.47. The van der Waals surface area contributed by atoms with Crippen molar-refractivity contribution in [2.24, 2.45) is 17.3 Å². The first-order chi connectivity index (χ1) is 10.9. The predicted octanol–water partition coefficient (Wildman–Crippen LogP) is 3.92. The molecule has 0 bridgehead atoms. The summed E-state index contributed by atoms with van der Waals surface area (Å²) in [6.07, 6.45) is 9.59. The second kappa shape index (κ2) is 6.74. The molecule has 1 aliphatic carbocycles. The lowest BCUT2D eigenvalue weighted by molar-refractivity contribution is -0.141. The number of hydrogen-bond acceptors (Lipinski definition) is 2. The summed E-state index contributed by atoms with van der Waals surface area (Å²) in [5.41, 5.74) is -0.231. The van der Waals surface area contributed by atoms with Crippen LogP contribution in [0.25, 0.3) is 0 Å². The molecule has 2 saturated heterocycles. The van der Waals surface area contributed by atoms with Gasteiger partial charge in [-0.3, -0.25) is 9.69 Å². The van der Waals surface area contributed by atoms with Crippen molar-refractivity contribution < 1.29 is 4.79 Å². The topological polar surface area (TPSA) is 23.6 Å². The summed E-state index contributed by atoms with van der Waals surface area (Å²) in [7, 11) is 0. The molecule has 1 amide bonds. The number of carbonyl (C=O) groups excluding carboxylic acids is 1. The van der Waals surface area contributed by atoms with Crippen molar-refractivity contribution >= 4 is 5.91 Å². The van der Waals surface area contributed by atoms with E-state index in [0.717, 1.165) is 37.0 Å². The number of rotatable bonds is 2. The van der Waals surface area contributed by atoms with Gasteiger partial charge in [0.25, 0.3) is 0 Å². The highest BCUT2D eigenvalue weighted by atomic mass is 16.2. The summed E-state index contributed by atoms with van der Waals surface area (Å²) >= 11 is 0. The molecular weight excluding hydrogens is 284 g/mol. The van der Waals surface area contributed by atoms with Crippen molar-refractivity contribution in [3.05, 3.63) is 0 Å². The van der Waals surface area contributed by atoms with Crippen LogP contribution in [0.5, 0.6) is 0 Å². The molecule has 0 spiro atoms. The molecule has 0 aromatic carbocycles. The zero-order valence-electron chi connectivity index (χ0n) is 15.7. The largest absolute Gasteiger partial charge is 0.342 e. The van der Waals surface area contributed by atoms with Gasteiger partial charge in [0.05, 0.1) is 0 Å². The molecule has 3 unspecified atom stereocenters. The minimum atomic E-state index is -0.231. The van der Waals surface area contributed by atoms with E-state index in [4.69, 9.17) is 0 Å². The van der Waals surface area contributed by atoms with Gasteiger partial charge < -0.3 is 4.90 Å². The lowest BCUT2D eigenvalue weighted by Gasteiger charge is -2.40. The zero-order valence-corrected chi connectivity index (χ0v) is 15.7. The number of piperidine rings is 1. The minimum Gasteiger partial charge on any atom is -0.342 e. The molecule has 0 aromatic rings. The Morgan fingerprint density at radius 2 is 1.70 bits per heavy atom. The molecule has 3 heteroatoms. The van der Waals surface area contributed by atoms with Crippen LogP contribution in [0.2, 0.25) is 0 Å². The summed E-state index contributed by atoms with van der Waals surface area (Å²) in [6, 6.07) is 1.64. The molecule has 3 aliphatic rings. The van der Waals surface area contributed by atoms with Gasteiger partial charge in [0.2, 0.25) is 5.91 Å². The highest BCUT2D eigenvalue weighted by molar-refractivity contribution is 5.81. The number of carbonyl (C=O) groups is 1. The van der Waals surface area contributed by atoms with Crippen LogP contribution in [0.4, 0.5) is 0 Å². The van der Waals surface area contributed by atoms with Crippen LogP contribution in [0.15, 0.2) is 0 Å². The normalized spacial score (nSPS) is 33.7. The summed E-state index contributed by atoms with van der Waals surface area (Å²) in [5.74, 6) is 2.10. The number of fused-ring (bicyclic) bond motifs is 1. The van der Waals surface area contributed by atoms with Crippen LogP contribution < -0.4 is 0 Å². The summed E-state index contributed by atoms with van der Waals surface area (Å²) < 4.78 is 0. The second-order valence-electron chi connectivity index (χ2n) is 9.38. The first-order valence-corrected chi connectivity index (χ1v) is 9.91. The van der Waals surface area contributed by atoms with Crippen LogP contribution in [-0.2, 0) is 4.79 Å². The summed E-state index contributed by atoms with van der Waals surface area (Å²) in [6.45, 7) is 11.8. The number of amides is 1. The minimum absolute atomic E-state index is 0.231. The van der Waals surface area contributed by atoms with E-state index in [0.29, 0.717) is 5.91 Å². The zero-order chi connectivity index (χ0) is 16.6. The maximum absolute atomic E-state index is 12.4. The van der Waals surface area contributed by atoms with Crippen molar-refractivity contribution in [3.8, 4) is 0 Å². The van der Waals surface area contributed by atoms with Crippen LogP contribution in [0.1, 0.15) is 72.6 Å². The molecule has 0 radical (unpaired) electrons. The fraction of sp³-hybridized carbons (Fsp3) is 0.950. The first kappa shape index (κ1) is 17.3. The maximum atomic E-state index is 12.4. The molecular formula is C20H36N2O. The number of likely N-dealkylation sites (tertiary alicyclic amines) is 2.